The van der Waals surface area contributed by atoms with E-state index in [2.05, 4.69) is 0 Å². The first-order valence-electron chi connectivity index (χ1n) is 13.6. The Morgan fingerprint density at radius 2 is 1.73 bits per heavy atom. The lowest BCUT2D eigenvalue weighted by Crippen LogP contribution is -2.44. The fraction of sp³-hybridized carbons (Fsp3) is 0.484. The topological polar surface area (TPSA) is 70.0 Å². The van der Waals surface area contributed by atoms with Gasteiger partial charge in [-0.3, -0.25) is 9.47 Å². The number of halogens is 3. The number of hydrogen-bond acceptors (Lipinski definition) is 6. The maximum atomic E-state index is 13.3. The highest BCUT2D eigenvalue weighted by atomic mass is 19.4. The van der Waals surface area contributed by atoms with Crippen LogP contribution >= 0.6 is 0 Å². The third-order valence-corrected chi connectivity index (χ3v) is 7.51. The molecule has 3 aromatic rings. The highest BCUT2D eigenvalue weighted by Gasteiger charge is 2.37. The number of aromatic nitrogens is 1. The van der Waals surface area contributed by atoms with Gasteiger partial charge in [-0.2, -0.15) is 13.2 Å². The zero-order valence-electron chi connectivity index (χ0n) is 24.3. The highest BCUT2D eigenvalue weighted by Crippen LogP contribution is 2.41. The van der Waals surface area contributed by atoms with Gasteiger partial charge >= 0.3 is 18.2 Å². The Kier molecular flexibility index (Phi) is 8.73. The summed E-state index contributed by atoms with van der Waals surface area (Å²) < 4.78 is 57.7. The Labute approximate surface area is 238 Å². The Morgan fingerprint density at radius 3 is 2.32 bits per heavy atom. The zero-order chi connectivity index (χ0) is 30.1. The Morgan fingerprint density at radius 1 is 1.05 bits per heavy atom. The van der Waals surface area contributed by atoms with Crippen LogP contribution in [-0.4, -0.2) is 67.2 Å². The van der Waals surface area contributed by atoms with Crippen molar-refractivity contribution in [1.82, 2.24) is 9.47 Å². The minimum Gasteiger partial charge on any atom is -0.496 e. The number of likely N-dealkylation sites (tertiary alicyclic amines) is 1. The van der Waals surface area contributed by atoms with Gasteiger partial charge in [0.15, 0.2) is 0 Å². The van der Waals surface area contributed by atoms with E-state index in [-0.39, 0.29) is 18.4 Å². The minimum absolute atomic E-state index is 0.0202. The molecule has 1 aliphatic heterocycles. The first-order chi connectivity index (χ1) is 19.2. The van der Waals surface area contributed by atoms with Crippen LogP contribution in [0.15, 0.2) is 42.6 Å². The van der Waals surface area contributed by atoms with Crippen LogP contribution in [0, 0.1) is 12.8 Å². The van der Waals surface area contributed by atoms with Gasteiger partial charge in [-0.15, -0.1) is 0 Å². The van der Waals surface area contributed by atoms with Gasteiger partial charge < -0.3 is 14.2 Å². The molecule has 2 aromatic carbocycles. The zero-order valence-corrected chi connectivity index (χ0v) is 24.3. The van der Waals surface area contributed by atoms with Gasteiger partial charge in [0.05, 0.1) is 31.8 Å². The van der Waals surface area contributed by atoms with E-state index >= 15 is 0 Å². The number of methoxy groups -OCH3 is 2. The van der Waals surface area contributed by atoms with Crippen molar-refractivity contribution in [2.75, 3.05) is 33.9 Å². The van der Waals surface area contributed by atoms with E-state index in [1.807, 2.05) is 19.1 Å². The molecule has 222 valence electrons. The molecule has 0 spiro atoms. The first-order valence-corrected chi connectivity index (χ1v) is 13.6. The molecule has 1 aromatic heterocycles. The molecule has 1 saturated heterocycles. The molecule has 2 atom stereocenters. The molecule has 0 aliphatic carbocycles. The van der Waals surface area contributed by atoms with E-state index < -0.39 is 30.4 Å². The number of hydrogen-bond donors (Lipinski definition) is 0. The maximum Gasteiger partial charge on any atom is 0.419 e. The van der Waals surface area contributed by atoms with Crippen molar-refractivity contribution in [3.63, 3.8) is 0 Å². The number of carbonyl (C=O) groups excluding carboxylic acids is 2. The summed E-state index contributed by atoms with van der Waals surface area (Å²) >= 11 is 0. The number of esters is 1. The van der Waals surface area contributed by atoms with E-state index in [4.69, 9.17) is 14.2 Å². The van der Waals surface area contributed by atoms with Crippen LogP contribution in [0.4, 0.5) is 18.0 Å². The number of aryl methyl sites for hydroxylation is 1. The second-order valence-corrected chi connectivity index (χ2v) is 11.6. The van der Waals surface area contributed by atoms with Crippen molar-refractivity contribution in [2.45, 2.75) is 58.2 Å². The van der Waals surface area contributed by atoms with Crippen LogP contribution in [0.1, 0.15) is 60.2 Å². The van der Waals surface area contributed by atoms with Crippen molar-refractivity contribution in [3.05, 3.63) is 64.8 Å². The van der Waals surface area contributed by atoms with Crippen LogP contribution in [0.25, 0.3) is 10.9 Å². The summed E-state index contributed by atoms with van der Waals surface area (Å²) in [6, 6.07) is 10.6. The van der Waals surface area contributed by atoms with Gasteiger partial charge in [-0.25, -0.2) is 9.59 Å². The number of fused-ring (bicyclic) bond motifs is 1. The summed E-state index contributed by atoms with van der Waals surface area (Å²) in [5.41, 5.74) is 3.00. The Hall–Kier alpha value is -3.53. The summed E-state index contributed by atoms with van der Waals surface area (Å²) in [5.74, 6) is -0.0638. The monoisotopic (exact) mass is 574 g/mol. The van der Waals surface area contributed by atoms with Crippen LogP contribution in [0.5, 0.6) is 5.75 Å². The lowest BCUT2D eigenvalue weighted by Gasteiger charge is -2.39. The van der Waals surface area contributed by atoms with Crippen molar-refractivity contribution < 1.29 is 37.0 Å². The molecule has 0 amide bonds. The highest BCUT2D eigenvalue weighted by molar-refractivity contribution is 5.95. The van der Waals surface area contributed by atoms with Crippen LogP contribution in [0.3, 0.4) is 0 Å². The summed E-state index contributed by atoms with van der Waals surface area (Å²) in [7, 11) is 2.89. The second-order valence-electron chi connectivity index (χ2n) is 11.6. The van der Waals surface area contributed by atoms with Crippen molar-refractivity contribution in [2.24, 2.45) is 5.92 Å². The fourth-order valence-corrected chi connectivity index (χ4v) is 5.75. The lowest BCUT2D eigenvalue weighted by molar-refractivity contribution is -0.149. The molecule has 41 heavy (non-hydrogen) atoms. The molecule has 1 aliphatic rings. The maximum absolute atomic E-state index is 13.3. The number of ether oxygens (including phenoxy) is 3. The molecule has 0 saturated carbocycles. The Bertz CT molecular complexity index is 1410. The fourth-order valence-electron chi connectivity index (χ4n) is 5.75. The third kappa shape index (κ3) is 7.04. The van der Waals surface area contributed by atoms with E-state index in [0.717, 1.165) is 22.1 Å². The lowest BCUT2D eigenvalue weighted by atomic mass is 9.76. The van der Waals surface area contributed by atoms with Crippen molar-refractivity contribution >= 4 is 23.0 Å². The summed E-state index contributed by atoms with van der Waals surface area (Å²) in [6.45, 7) is 6.86. The van der Waals surface area contributed by atoms with Crippen LogP contribution in [-0.2, 0) is 15.9 Å². The van der Waals surface area contributed by atoms with Gasteiger partial charge in [0.2, 0.25) is 0 Å². The molecule has 0 radical (unpaired) electrons. The summed E-state index contributed by atoms with van der Waals surface area (Å²) in [5, 5.41) is 0.838. The molecule has 1 fully saturated rings. The molecular weight excluding hydrogens is 537 g/mol. The largest absolute Gasteiger partial charge is 0.496 e. The number of alkyl halides is 3. The first kappa shape index (κ1) is 30.4. The van der Waals surface area contributed by atoms with E-state index in [9.17, 15) is 22.8 Å². The summed E-state index contributed by atoms with van der Waals surface area (Å²) in [6.07, 6.45) is -2.05. The van der Waals surface area contributed by atoms with Gasteiger partial charge in [0, 0.05) is 23.7 Å². The smallest absolute Gasteiger partial charge is 0.419 e. The molecule has 4 rings (SSSR count). The van der Waals surface area contributed by atoms with E-state index in [1.54, 1.807) is 58.3 Å². The third-order valence-electron chi connectivity index (χ3n) is 7.51. The average Bonchev–Trinajstić information content (AvgIpc) is 3.35. The number of benzene rings is 2. The predicted molar refractivity (Wildman–Crippen MR) is 150 cm³/mol. The number of nitrogens with zero attached hydrogens (tertiary/aromatic N) is 2. The molecule has 0 N–H and O–H groups in total. The van der Waals surface area contributed by atoms with Crippen LogP contribution < -0.4 is 4.74 Å². The number of carbonyl (C=O) groups is 2. The van der Waals surface area contributed by atoms with Gasteiger partial charge in [-0.1, -0.05) is 12.1 Å². The second kappa shape index (κ2) is 11.8. The SMILES string of the molecule is COC(=O)c1ccc(C2CN(CC(F)(F)F)CCC2Cc2c(OC)cc(C)c3c2ccn3C(=O)OC(C)(C)C)cc1. The van der Waals surface area contributed by atoms with Crippen molar-refractivity contribution in [3.8, 4) is 5.75 Å². The minimum atomic E-state index is -4.30. The Balaban J connectivity index is 1.73. The molecule has 2 unspecified atom stereocenters. The predicted octanol–water partition coefficient (Wildman–Crippen LogP) is 6.74. The number of piperidine rings is 1. The van der Waals surface area contributed by atoms with E-state index in [0.29, 0.717) is 36.2 Å². The van der Waals surface area contributed by atoms with E-state index in [1.165, 1.54) is 16.6 Å². The van der Waals surface area contributed by atoms with Gasteiger partial charge in [0.25, 0.3) is 0 Å². The van der Waals surface area contributed by atoms with Gasteiger partial charge in [0.1, 0.15) is 11.4 Å². The van der Waals surface area contributed by atoms with Crippen LogP contribution in [0.2, 0.25) is 0 Å². The number of rotatable bonds is 6. The molecule has 7 nitrogen and oxygen atoms in total. The summed E-state index contributed by atoms with van der Waals surface area (Å²) in [4.78, 5) is 26.4. The van der Waals surface area contributed by atoms with Crippen molar-refractivity contribution in [1.29, 1.82) is 0 Å². The normalized spacial score (nSPS) is 18.4. The quantitative estimate of drug-likeness (QED) is 0.304. The molecule has 10 heteroatoms. The molecule has 0 bridgehead atoms. The standard InChI is InChI=1S/C31H37F3N2O5/c1-19-15-26(39-5)24(23-12-14-36(27(19)23)29(38)41-30(2,3)4)16-22-11-13-35(18-31(32,33)34)17-25(22)20-7-9-21(10-8-20)28(37)40-6/h7-10,12,14-15,22,25H,11,13,16-18H2,1-6H3. The molecule has 2 heterocycles. The van der Waals surface area contributed by atoms with Gasteiger partial charge in [-0.05, 0) is 94.3 Å². The molecular formula is C31H37F3N2O5. The average molecular weight is 575 g/mol.